The Morgan fingerprint density at radius 3 is 2.56 bits per heavy atom. The Morgan fingerprint density at radius 1 is 1.05 bits per heavy atom. The first kappa shape index (κ1) is 30.2. The van der Waals surface area contributed by atoms with Crippen LogP contribution in [0.25, 0.3) is 0 Å². The molecule has 1 aliphatic carbocycles. The second-order valence-electron chi connectivity index (χ2n) is 11.1. The molecule has 0 spiro atoms. The molecule has 1 aliphatic rings. The molecule has 3 aromatic carbocycles. The van der Waals surface area contributed by atoms with Gasteiger partial charge in [0.15, 0.2) is 15.6 Å². The highest BCUT2D eigenvalue weighted by Crippen LogP contribution is 2.37. The molecular formula is C34H37N3O5S. The number of Topliss-reactive ketones (excluding diaryl/α,β-unsaturated/α-hetero) is 1. The monoisotopic (exact) mass is 599 g/mol. The largest absolute Gasteiger partial charge is 0.484 e. The zero-order valence-electron chi connectivity index (χ0n) is 24.5. The highest BCUT2D eigenvalue weighted by Gasteiger charge is 2.30. The fraction of sp³-hybridized carbons (Fsp3) is 0.324. The number of sulfone groups is 1. The summed E-state index contributed by atoms with van der Waals surface area (Å²) < 4.78 is 36.8. The Labute approximate surface area is 253 Å². The summed E-state index contributed by atoms with van der Waals surface area (Å²) in [5.41, 5.74) is 2.73. The van der Waals surface area contributed by atoms with Gasteiger partial charge in [0, 0.05) is 36.5 Å². The molecule has 2 atom stereocenters. The molecule has 1 aromatic heterocycles. The van der Waals surface area contributed by atoms with E-state index in [1.165, 1.54) is 12.1 Å². The van der Waals surface area contributed by atoms with Gasteiger partial charge in [-0.15, -0.1) is 0 Å². The van der Waals surface area contributed by atoms with E-state index in [0.717, 1.165) is 12.0 Å². The fourth-order valence-electron chi connectivity index (χ4n) is 5.36. The van der Waals surface area contributed by atoms with Crippen molar-refractivity contribution in [1.29, 1.82) is 0 Å². The van der Waals surface area contributed by atoms with Gasteiger partial charge in [-0.25, -0.2) is 13.4 Å². The molecule has 0 aliphatic heterocycles. The van der Waals surface area contributed by atoms with Crippen molar-refractivity contribution in [2.75, 3.05) is 6.54 Å². The highest BCUT2D eigenvalue weighted by molar-refractivity contribution is 7.90. The minimum Gasteiger partial charge on any atom is -0.484 e. The Morgan fingerprint density at radius 2 is 1.81 bits per heavy atom. The number of rotatable bonds is 12. The summed E-state index contributed by atoms with van der Waals surface area (Å²) in [5, 5.41) is 2.88. The lowest BCUT2D eigenvalue weighted by atomic mass is 9.87. The van der Waals surface area contributed by atoms with Gasteiger partial charge in [0.05, 0.1) is 29.1 Å². The van der Waals surface area contributed by atoms with Crippen molar-refractivity contribution in [2.45, 2.75) is 62.8 Å². The molecule has 4 aromatic rings. The summed E-state index contributed by atoms with van der Waals surface area (Å²) >= 11 is 0. The maximum Gasteiger partial charge on any atom is 0.252 e. The number of benzene rings is 3. The first-order valence-electron chi connectivity index (χ1n) is 14.7. The van der Waals surface area contributed by atoms with Crippen molar-refractivity contribution in [1.82, 2.24) is 14.9 Å². The van der Waals surface area contributed by atoms with Gasteiger partial charge in [-0.05, 0) is 54.2 Å². The predicted molar refractivity (Wildman–Crippen MR) is 165 cm³/mol. The van der Waals surface area contributed by atoms with Crippen LogP contribution in [0.4, 0.5) is 0 Å². The number of ether oxygens (including phenoxy) is 1. The number of hydrogen-bond acceptors (Lipinski definition) is 6. The van der Waals surface area contributed by atoms with E-state index in [1.807, 2.05) is 54.9 Å². The topological polar surface area (TPSA) is 107 Å². The van der Waals surface area contributed by atoms with Crippen molar-refractivity contribution in [3.63, 3.8) is 0 Å². The molecule has 9 heteroatoms. The average Bonchev–Trinajstić information content (AvgIpc) is 3.54. The first-order valence-corrected chi connectivity index (χ1v) is 16.4. The zero-order valence-corrected chi connectivity index (χ0v) is 25.3. The van der Waals surface area contributed by atoms with Crippen LogP contribution in [0, 0.1) is 5.92 Å². The maximum atomic E-state index is 14.1. The van der Waals surface area contributed by atoms with E-state index in [1.54, 1.807) is 36.8 Å². The quantitative estimate of drug-likeness (QED) is 0.215. The molecule has 0 bridgehead atoms. The van der Waals surface area contributed by atoms with Crippen molar-refractivity contribution >= 4 is 21.5 Å². The normalized spacial score (nSPS) is 14.5. The van der Waals surface area contributed by atoms with Gasteiger partial charge < -0.3 is 14.6 Å². The molecule has 0 unspecified atom stereocenters. The van der Waals surface area contributed by atoms with Gasteiger partial charge in [-0.1, -0.05) is 62.7 Å². The molecule has 0 saturated heterocycles. The second kappa shape index (κ2) is 13.4. The number of aromatic nitrogens is 2. The summed E-state index contributed by atoms with van der Waals surface area (Å²) in [7, 11) is -4.02. The van der Waals surface area contributed by atoms with Crippen molar-refractivity contribution in [2.24, 2.45) is 5.92 Å². The molecule has 224 valence electrons. The summed E-state index contributed by atoms with van der Waals surface area (Å²) in [6.07, 6.45) is 7.32. The van der Waals surface area contributed by atoms with Crippen LogP contribution < -0.4 is 10.1 Å². The minimum absolute atomic E-state index is 0.00528. The lowest BCUT2D eigenvalue weighted by Gasteiger charge is -2.26. The third kappa shape index (κ3) is 7.05. The molecule has 1 heterocycles. The summed E-state index contributed by atoms with van der Waals surface area (Å²) in [6, 6.07) is 19.5. The van der Waals surface area contributed by atoms with E-state index in [-0.39, 0.29) is 22.2 Å². The maximum absolute atomic E-state index is 14.1. The van der Waals surface area contributed by atoms with Crippen molar-refractivity contribution in [3.8, 4) is 5.75 Å². The molecule has 0 saturated carbocycles. The number of amides is 1. The van der Waals surface area contributed by atoms with E-state index in [0.29, 0.717) is 54.8 Å². The highest BCUT2D eigenvalue weighted by atomic mass is 32.2. The van der Waals surface area contributed by atoms with Gasteiger partial charge >= 0.3 is 0 Å². The Kier molecular flexibility index (Phi) is 9.40. The smallest absolute Gasteiger partial charge is 0.252 e. The summed E-state index contributed by atoms with van der Waals surface area (Å²) in [5.74, 6) is -0.161. The van der Waals surface area contributed by atoms with Crippen molar-refractivity contribution < 1.29 is 22.7 Å². The number of nitrogens with zero attached hydrogens (tertiary/aromatic N) is 2. The lowest BCUT2D eigenvalue weighted by Crippen LogP contribution is -2.29. The number of carbonyl (C=O) groups is 2. The summed E-state index contributed by atoms with van der Waals surface area (Å²) in [6.45, 7) is 4.97. The van der Waals surface area contributed by atoms with E-state index in [2.05, 4.69) is 10.3 Å². The van der Waals surface area contributed by atoms with Gasteiger partial charge in [0.25, 0.3) is 5.91 Å². The molecule has 0 fully saturated rings. The van der Waals surface area contributed by atoms with Crippen LogP contribution in [-0.4, -0.2) is 36.2 Å². The van der Waals surface area contributed by atoms with E-state index < -0.39 is 27.6 Å². The van der Waals surface area contributed by atoms with Crippen LogP contribution in [-0.2, 0) is 28.6 Å². The second-order valence-corrected chi connectivity index (χ2v) is 13.1. The molecule has 1 N–H and O–H groups in total. The van der Waals surface area contributed by atoms with Crippen LogP contribution >= 0.6 is 0 Å². The zero-order chi connectivity index (χ0) is 30.4. The molecule has 5 rings (SSSR count). The Bertz CT molecular complexity index is 1680. The number of hydrogen-bond donors (Lipinski definition) is 1. The predicted octanol–water partition coefficient (Wildman–Crippen LogP) is 5.97. The standard InChI is InChI=1S/C34H37N3O5S/c1-3-24(2)20-36-34(39)28-12-7-8-15-33(28)43(40,41)22-29-26-13-9-14-30(38)27(26)16-17-31(29)42-32(21-37-19-18-35-23-37)25-10-5-4-6-11-25/h4-8,10-12,15-19,23-24,32H,3,9,13-14,20-22H2,1-2H3,(H,36,39)/t24-,32+/m0/s1. The summed E-state index contributed by atoms with van der Waals surface area (Å²) in [4.78, 5) is 30.1. The van der Waals surface area contributed by atoms with Crippen molar-refractivity contribution in [3.05, 3.63) is 113 Å². The molecule has 1 amide bonds. The molecule has 0 radical (unpaired) electrons. The third-order valence-electron chi connectivity index (χ3n) is 8.00. The number of ketones is 1. The van der Waals surface area contributed by atoms with Gasteiger partial charge in [0.1, 0.15) is 11.9 Å². The van der Waals surface area contributed by atoms with E-state index in [4.69, 9.17) is 4.74 Å². The Hall–Kier alpha value is -4.24. The number of nitrogens with one attached hydrogen (secondary N) is 1. The van der Waals surface area contributed by atoms with Crippen LogP contribution in [0.3, 0.4) is 0 Å². The van der Waals surface area contributed by atoms with Gasteiger partial charge in [-0.3, -0.25) is 9.59 Å². The molecular weight excluding hydrogens is 562 g/mol. The first-order chi connectivity index (χ1) is 20.8. The third-order valence-corrected chi connectivity index (χ3v) is 9.70. The molecule has 43 heavy (non-hydrogen) atoms. The lowest BCUT2D eigenvalue weighted by molar-refractivity contribution is 0.0942. The van der Waals surface area contributed by atoms with E-state index in [9.17, 15) is 18.0 Å². The van der Waals surface area contributed by atoms with E-state index >= 15 is 0 Å². The number of carbonyl (C=O) groups excluding carboxylic acids is 2. The number of fused-ring (bicyclic) bond motifs is 1. The average molecular weight is 600 g/mol. The Balaban J connectivity index is 1.54. The number of imidazole rings is 1. The van der Waals surface area contributed by atoms with Gasteiger partial charge in [0.2, 0.25) is 0 Å². The van der Waals surface area contributed by atoms with Crippen LogP contribution in [0.5, 0.6) is 5.75 Å². The minimum atomic E-state index is -4.02. The fourth-order valence-corrected chi connectivity index (χ4v) is 7.00. The molecule has 8 nitrogen and oxygen atoms in total. The van der Waals surface area contributed by atoms with Crippen LogP contribution in [0.2, 0.25) is 0 Å². The van der Waals surface area contributed by atoms with Crippen LogP contribution in [0.1, 0.15) is 76.6 Å². The SMILES string of the molecule is CC[C@H](C)CNC(=O)c1ccccc1S(=O)(=O)Cc1c(O[C@H](Cn2ccnc2)c2ccccc2)ccc2c1CCCC2=O. The van der Waals surface area contributed by atoms with Crippen LogP contribution in [0.15, 0.2) is 90.3 Å². The van der Waals surface area contributed by atoms with Gasteiger partial charge in [-0.2, -0.15) is 0 Å².